The van der Waals surface area contributed by atoms with Gasteiger partial charge in [0.25, 0.3) is 0 Å². The van der Waals surface area contributed by atoms with E-state index < -0.39 is 0 Å². The van der Waals surface area contributed by atoms with Crippen LogP contribution in [0, 0.1) is 11.8 Å². The number of hydrogen-bond acceptors (Lipinski definition) is 4. The molecule has 0 spiro atoms. The van der Waals surface area contributed by atoms with E-state index in [0.29, 0.717) is 32.1 Å². The molecule has 5 rings (SSSR count). The lowest BCUT2D eigenvalue weighted by Gasteiger charge is -2.41. The van der Waals surface area contributed by atoms with Crippen molar-refractivity contribution in [2.24, 2.45) is 11.8 Å². The molecule has 3 fully saturated rings. The lowest BCUT2D eigenvalue weighted by molar-refractivity contribution is -0.138. The Hall–Kier alpha value is -2.61. The number of nitrogens with one attached hydrogen (secondary N) is 1. The number of fused-ring (bicyclic) bond motifs is 1. The second-order valence-corrected chi connectivity index (χ2v) is 11.8. The Balaban J connectivity index is 1.42. The fourth-order valence-electron chi connectivity index (χ4n) is 7.27. The zero-order valence-electron chi connectivity index (χ0n) is 23.2. The first-order valence-electron chi connectivity index (χ1n) is 14.9. The predicted molar refractivity (Wildman–Crippen MR) is 150 cm³/mol. The fraction of sp³-hybridized carbons (Fsp3) is 0.700. The van der Waals surface area contributed by atoms with Crippen molar-refractivity contribution in [1.82, 2.24) is 24.3 Å². The average Bonchev–Trinajstić information content (AvgIpc) is 3.46. The number of amides is 2. The molecule has 0 bridgehead atoms. The van der Waals surface area contributed by atoms with E-state index in [1.165, 1.54) is 51.9 Å². The van der Waals surface area contributed by atoms with Crippen LogP contribution >= 0.6 is 0 Å². The number of nitrogens with zero attached hydrogens (tertiary/aromatic N) is 4. The van der Waals surface area contributed by atoms with Crippen LogP contribution in [0.4, 0.5) is 0 Å². The molecule has 2 aromatic rings. The van der Waals surface area contributed by atoms with Crippen LogP contribution in [-0.2, 0) is 16.1 Å². The first-order valence-corrected chi connectivity index (χ1v) is 14.9. The van der Waals surface area contributed by atoms with Crippen LogP contribution in [0.2, 0.25) is 0 Å². The fourth-order valence-corrected chi connectivity index (χ4v) is 7.27. The Kier molecular flexibility index (Phi) is 8.56. The first kappa shape index (κ1) is 27.0. The maximum absolute atomic E-state index is 14.1. The molecule has 1 aromatic carbocycles. The third kappa shape index (κ3) is 5.70. The monoisotopic (exact) mass is 523 g/mol. The number of aromatic nitrogens is 2. The van der Waals surface area contributed by atoms with Gasteiger partial charge in [0.1, 0.15) is 0 Å². The van der Waals surface area contributed by atoms with Gasteiger partial charge in [-0.25, -0.2) is 4.79 Å². The molecule has 8 nitrogen and oxygen atoms in total. The quantitative estimate of drug-likeness (QED) is 0.625. The van der Waals surface area contributed by atoms with Gasteiger partial charge in [0.05, 0.1) is 23.0 Å². The number of para-hydroxylation sites is 2. The summed E-state index contributed by atoms with van der Waals surface area (Å²) < 4.78 is 3.76. The molecule has 1 unspecified atom stereocenters. The molecule has 1 N–H and O–H groups in total. The lowest BCUT2D eigenvalue weighted by atomic mass is 9.87. The minimum absolute atomic E-state index is 0.00856. The first-order chi connectivity index (χ1) is 18.5. The van der Waals surface area contributed by atoms with Gasteiger partial charge in [0.15, 0.2) is 0 Å². The summed E-state index contributed by atoms with van der Waals surface area (Å²) in [5, 5.41) is 2.99. The van der Waals surface area contributed by atoms with Crippen LogP contribution in [0.3, 0.4) is 0 Å². The van der Waals surface area contributed by atoms with Gasteiger partial charge in [-0.05, 0) is 50.7 Å². The van der Waals surface area contributed by atoms with Gasteiger partial charge in [-0.2, -0.15) is 0 Å². The SMILES string of the molecule is CCn1c(=O)n([C@H]2CCN(CC3CCCCCCC3)C[C@@H]2C(=O)N2CCC(NC(C)=O)C2)c2ccccc21. The number of rotatable bonds is 6. The van der Waals surface area contributed by atoms with Crippen molar-refractivity contribution in [1.29, 1.82) is 0 Å². The van der Waals surface area contributed by atoms with Crippen LogP contribution in [0.1, 0.15) is 77.7 Å². The molecule has 3 heterocycles. The summed E-state index contributed by atoms with van der Waals surface area (Å²) >= 11 is 0. The summed E-state index contributed by atoms with van der Waals surface area (Å²) in [6, 6.07) is 7.84. The third-order valence-corrected chi connectivity index (χ3v) is 9.14. The molecule has 2 aliphatic heterocycles. The van der Waals surface area contributed by atoms with Gasteiger partial charge in [-0.15, -0.1) is 0 Å². The molecule has 3 atom stereocenters. The standard InChI is InChI=1S/C30H45N5O3/c1-3-34-27-13-9-10-14-28(27)35(30(34)38)26-16-17-32(19-23-11-7-5-4-6-8-12-23)21-25(26)29(37)33-18-15-24(20-33)31-22(2)36/h9-10,13-14,23-26H,3-8,11-12,15-21H2,1-2H3,(H,31,36)/t24?,25-,26-/m0/s1. The van der Waals surface area contributed by atoms with Gasteiger partial charge >= 0.3 is 5.69 Å². The zero-order chi connectivity index (χ0) is 26.6. The van der Waals surface area contributed by atoms with E-state index in [2.05, 4.69) is 10.2 Å². The number of imidazole rings is 1. The predicted octanol–water partition coefficient (Wildman–Crippen LogP) is 3.78. The van der Waals surface area contributed by atoms with Crippen LogP contribution < -0.4 is 11.0 Å². The summed E-state index contributed by atoms with van der Waals surface area (Å²) in [5.41, 5.74) is 1.85. The number of benzene rings is 1. The van der Waals surface area contributed by atoms with E-state index in [1.807, 2.05) is 45.2 Å². The molecule has 1 aromatic heterocycles. The molecule has 2 amide bonds. The van der Waals surface area contributed by atoms with Gasteiger partial charge in [0.2, 0.25) is 11.8 Å². The average molecular weight is 524 g/mol. The minimum Gasteiger partial charge on any atom is -0.352 e. The summed E-state index contributed by atoms with van der Waals surface area (Å²) in [4.78, 5) is 43.9. The molecular formula is C30H45N5O3. The van der Waals surface area contributed by atoms with Gasteiger partial charge < -0.3 is 15.1 Å². The summed E-state index contributed by atoms with van der Waals surface area (Å²) in [6.45, 7) is 8.01. The Morgan fingerprint density at radius 2 is 1.63 bits per heavy atom. The van der Waals surface area contributed by atoms with Crippen molar-refractivity contribution >= 4 is 22.8 Å². The highest BCUT2D eigenvalue weighted by molar-refractivity contribution is 5.81. The molecule has 208 valence electrons. The number of hydrogen-bond donors (Lipinski definition) is 1. The van der Waals surface area contributed by atoms with Crippen LogP contribution in [0.15, 0.2) is 29.1 Å². The number of carbonyl (C=O) groups excluding carboxylic acids is 2. The van der Waals surface area contributed by atoms with Crippen molar-refractivity contribution in [3.05, 3.63) is 34.7 Å². The van der Waals surface area contributed by atoms with E-state index in [4.69, 9.17) is 0 Å². The van der Waals surface area contributed by atoms with Crippen molar-refractivity contribution < 1.29 is 9.59 Å². The molecule has 1 aliphatic carbocycles. The van der Waals surface area contributed by atoms with Gasteiger partial charge in [-0.3, -0.25) is 18.7 Å². The second kappa shape index (κ2) is 12.1. The molecule has 0 radical (unpaired) electrons. The largest absolute Gasteiger partial charge is 0.352 e. The molecular weight excluding hydrogens is 478 g/mol. The van der Waals surface area contributed by atoms with Crippen molar-refractivity contribution in [3.8, 4) is 0 Å². The highest BCUT2D eigenvalue weighted by Crippen LogP contribution is 2.34. The number of piperidine rings is 1. The van der Waals surface area contributed by atoms with Crippen LogP contribution in [-0.4, -0.2) is 69.5 Å². The smallest absolute Gasteiger partial charge is 0.329 e. The van der Waals surface area contributed by atoms with E-state index in [9.17, 15) is 14.4 Å². The molecule has 1 saturated carbocycles. The number of carbonyl (C=O) groups is 2. The summed E-state index contributed by atoms with van der Waals surface area (Å²) in [6.07, 6.45) is 10.8. The summed E-state index contributed by atoms with van der Waals surface area (Å²) in [7, 11) is 0. The highest BCUT2D eigenvalue weighted by atomic mass is 16.2. The maximum atomic E-state index is 14.1. The topological polar surface area (TPSA) is 79.6 Å². The zero-order valence-corrected chi connectivity index (χ0v) is 23.2. The van der Waals surface area contributed by atoms with E-state index in [0.717, 1.165) is 37.0 Å². The molecule has 3 aliphatic rings. The Bertz CT molecular complexity index is 1180. The molecule has 2 saturated heterocycles. The van der Waals surface area contributed by atoms with E-state index >= 15 is 0 Å². The Labute approximate surface area is 226 Å². The van der Waals surface area contributed by atoms with Crippen LogP contribution in [0.25, 0.3) is 11.0 Å². The highest BCUT2D eigenvalue weighted by Gasteiger charge is 2.41. The van der Waals surface area contributed by atoms with E-state index in [1.54, 1.807) is 0 Å². The normalized spacial score (nSPS) is 25.8. The molecule has 38 heavy (non-hydrogen) atoms. The van der Waals surface area contributed by atoms with Gasteiger partial charge in [0, 0.05) is 52.2 Å². The minimum atomic E-state index is -0.276. The van der Waals surface area contributed by atoms with Crippen molar-refractivity contribution in [3.63, 3.8) is 0 Å². The second-order valence-electron chi connectivity index (χ2n) is 11.8. The summed E-state index contributed by atoms with van der Waals surface area (Å²) in [5.74, 6) is 0.500. The molecule has 8 heteroatoms. The number of aryl methyl sites for hydroxylation is 1. The van der Waals surface area contributed by atoms with Crippen molar-refractivity contribution in [2.45, 2.75) is 90.3 Å². The van der Waals surface area contributed by atoms with E-state index in [-0.39, 0.29) is 35.5 Å². The third-order valence-electron chi connectivity index (χ3n) is 9.14. The maximum Gasteiger partial charge on any atom is 0.329 e. The van der Waals surface area contributed by atoms with Crippen molar-refractivity contribution in [2.75, 3.05) is 32.7 Å². The Morgan fingerprint density at radius 1 is 0.921 bits per heavy atom. The lowest BCUT2D eigenvalue weighted by Crippen LogP contribution is -2.51. The number of likely N-dealkylation sites (tertiary alicyclic amines) is 2. The Morgan fingerprint density at radius 3 is 2.34 bits per heavy atom. The van der Waals surface area contributed by atoms with Crippen LogP contribution in [0.5, 0.6) is 0 Å². The van der Waals surface area contributed by atoms with Gasteiger partial charge in [-0.1, -0.05) is 44.2 Å².